The summed E-state index contributed by atoms with van der Waals surface area (Å²) in [6.45, 7) is 5.11. The minimum Gasteiger partial charge on any atom is -0.385 e. The van der Waals surface area contributed by atoms with Crippen molar-refractivity contribution < 1.29 is 0 Å². The summed E-state index contributed by atoms with van der Waals surface area (Å²) in [5.41, 5.74) is 7.30. The molecule has 0 unspecified atom stereocenters. The Labute approximate surface area is 179 Å². The third-order valence-electron chi connectivity index (χ3n) is 4.99. The van der Waals surface area contributed by atoms with Crippen LogP contribution in [0.3, 0.4) is 0 Å². The smallest absolute Gasteiger partial charge is 0.0457 e. The van der Waals surface area contributed by atoms with Gasteiger partial charge in [-0.15, -0.1) is 0 Å². The third-order valence-corrected chi connectivity index (χ3v) is 5.66. The van der Waals surface area contributed by atoms with Crippen molar-refractivity contribution in [2.24, 2.45) is 0 Å². The highest BCUT2D eigenvalue weighted by atomic mass is 127. The van der Waals surface area contributed by atoms with E-state index in [2.05, 4.69) is 118 Å². The van der Waals surface area contributed by atoms with Crippen LogP contribution in [-0.2, 0) is 12.8 Å². The molecule has 0 atom stereocenters. The number of benzene rings is 3. The molecule has 4 rings (SSSR count). The number of aromatic amines is 1. The summed E-state index contributed by atoms with van der Waals surface area (Å²) in [5.74, 6) is 0. The van der Waals surface area contributed by atoms with Crippen molar-refractivity contribution in [1.29, 1.82) is 0 Å². The lowest BCUT2D eigenvalue weighted by molar-refractivity contribution is 0.853. The fourth-order valence-electron chi connectivity index (χ4n) is 3.51. The molecule has 0 bridgehead atoms. The number of hydrogen-bond donors (Lipinski definition) is 2. The molecule has 0 saturated carbocycles. The maximum atomic E-state index is 4.25. The Balaban J connectivity index is 1.38. The lowest BCUT2D eigenvalue weighted by Gasteiger charge is -2.11. The van der Waals surface area contributed by atoms with Crippen LogP contribution < -0.4 is 5.32 Å². The van der Waals surface area contributed by atoms with E-state index in [1.54, 1.807) is 0 Å². The first kappa shape index (κ1) is 18.8. The molecular formula is C25H23IN2. The Morgan fingerprint density at radius 1 is 0.929 bits per heavy atom. The minimum absolute atomic E-state index is 0.861. The van der Waals surface area contributed by atoms with Crippen molar-refractivity contribution in [3.05, 3.63) is 111 Å². The maximum Gasteiger partial charge on any atom is 0.0457 e. The zero-order chi connectivity index (χ0) is 19.3. The largest absolute Gasteiger partial charge is 0.385 e. The molecule has 2 N–H and O–H groups in total. The van der Waals surface area contributed by atoms with Crippen molar-refractivity contribution in [3.63, 3.8) is 0 Å². The van der Waals surface area contributed by atoms with Gasteiger partial charge in [-0.1, -0.05) is 55.1 Å². The molecule has 0 aliphatic heterocycles. The highest BCUT2D eigenvalue weighted by Gasteiger charge is 2.05. The summed E-state index contributed by atoms with van der Waals surface area (Å²) in [4.78, 5) is 3.36. The number of rotatable bonds is 7. The van der Waals surface area contributed by atoms with Crippen LogP contribution in [0.1, 0.15) is 22.3 Å². The fraction of sp³-hybridized carbons (Fsp3) is 0.120. The number of nitrogens with one attached hydrogen (secondary N) is 2. The van der Waals surface area contributed by atoms with Gasteiger partial charge in [-0.3, -0.25) is 0 Å². The lowest BCUT2D eigenvalue weighted by atomic mass is 10.0. The molecule has 3 heteroatoms. The van der Waals surface area contributed by atoms with Gasteiger partial charge in [-0.25, -0.2) is 0 Å². The molecule has 1 aromatic heterocycles. The highest BCUT2D eigenvalue weighted by Crippen LogP contribution is 2.21. The first-order chi connectivity index (χ1) is 13.7. The molecule has 140 valence electrons. The number of fused-ring (bicyclic) bond motifs is 1. The second-order valence-corrected chi connectivity index (χ2v) is 8.27. The van der Waals surface area contributed by atoms with E-state index in [0.717, 1.165) is 30.6 Å². The van der Waals surface area contributed by atoms with Crippen LogP contribution in [-0.4, -0.2) is 11.5 Å². The molecule has 3 aromatic carbocycles. The van der Waals surface area contributed by atoms with E-state index < -0.39 is 0 Å². The van der Waals surface area contributed by atoms with Crippen LogP contribution in [0.25, 0.3) is 16.6 Å². The van der Waals surface area contributed by atoms with Crippen LogP contribution in [0.5, 0.6) is 0 Å². The van der Waals surface area contributed by atoms with Crippen LogP contribution >= 0.6 is 22.6 Å². The fourth-order valence-corrected chi connectivity index (χ4v) is 4.00. The van der Waals surface area contributed by atoms with Crippen LogP contribution in [0.4, 0.5) is 0 Å². The minimum atomic E-state index is 0.861. The first-order valence-electron chi connectivity index (χ1n) is 9.50. The van der Waals surface area contributed by atoms with E-state index in [1.807, 2.05) is 0 Å². The van der Waals surface area contributed by atoms with Gasteiger partial charge in [-0.05, 0) is 82.0 Å². The molecule has 0 spiro atoms. The van der Waals surface area contributed by atoms with Crippen molar-refractivity contribution in [2.75, 3.05) is 6.54 Å². The van der Waals surface area contributed by atoms with Crippen LogP contribution in [0.15, 0.2) is 85.6 Å². The molecule has 0 aliphatic carbocycles. The SMILES string of the molecule is C=C(NCCc1c[nH]c2ccc(I)cc12)c1cccc(Cc2ccccc2)c1. The Morgan fingerprint density at radius 2 is 1.75 bits per heavy atom. The molecule has 2 nitrogen and oxygen atoms in total. The van der Waals surface area contributed by atoms with E-state index in [4.69, 9.17) is 0 Å². The predicted octanol–water partition coefficient (Wildman–Crippen LogP) is 6.17. The van der Waals surface area contributed by atoms with Gasteiger partial charge in [0.15, 0.2) is 0 Å². The van der Waals surface area contributed by atoms with E-state index >= 15 is 0 Å². The molecule has 4 aromatic rings. The molecule has 0 aliphatic rings. The summed E-state index contributed by atoms with van der Waals surface area (Å²) in [6, 6.07) is 25.7. The first-order valence-corrected chi connectivity index (χ1v) is 10.6. The number of H-pyrrole nitrogens is 1. The molecule has 0 radical (unpaired) electrons. The summed E-state index contributed by atoms with van der Waals surface area (Å²) in [7, 11) is 0. The summed E-state index contributed by atoms with van der Waals surface area (Å²) in [6.07, 6.45) is 4.02. The Kier molecular flexibility index (Phi) is 5.81. The van der Waals surface area contributed by atoms with Gasteiger partial charge >= 0.3 is 0 Å². The molecule has 0 fully saturated rings. The van der Waals surface area contributed by atoms with Gasteiger partial charge in [0, 0.05) is 32.9 Å². The molecule has 1 heterocycles. The van der Waals surface area contributed by atoms with Gasteiger partial charge in [-0.2, -0.15) is 0 Å². The molecular weight excluding hydrogens is 455 g/mol. The lowest BCUT2D eigenvalue weighted by Crippen LogP contribution is -2.15. The standard InChI is InChI=1S/C25H23IN2/c1-18(21-9-5-8-20(15-21)14-19-6-3-2-4-7-19)27-13-12-22-17-28-25-11-10-23(26)16-24(22)25/h2-11,15-17,27-28H,1,12-14H2. The topological polar surface area (TPSA) is 27.8 Å². The molecule has 28 heavy (non-hydrogen) atoms. The predicted molar refractivity (Wildman–Crippen MR) is 127 cm³/mol. The van der Waals surface area contributed by atoms with Crippen molar-refractivity contribution >= 4 is 39.2 Å². The van der Waals surface area contributed by atoms with E-state index in [0.29, 0.717) is 0 Å². The van der Waals surface area contributed by atoms with Gasteiger partial charge in [0.05, 0.1) is 0 Å². The molecule has 0 amide bonds. The quantitative estimate of drug-likeness (QED) is 0.306. The van der Waals surface area contributed by atoms with E-state index in [-0.39, 0.29) is 0 Å². The number of halogens is 1. The Hall–Kier alpha value is -2.53. The molecule has 0 saturated heterocycles. The van der Waals surface area contributed by atoms with Gasteiger partial charge in [0.2, 0.25) is 0 Å². The van der Waals surface area contributed by atoms with Crippen LogP contribution in [0.2, 0.25) is 0 Å². The number of hydrogen-bond acceptors (Lipinski definition) is 1. The Morgan fingerprint density at radius 3 is 2.61 bits per heavy atom. The van der Waals surface area contributed by atoms with Gasteiger partial charge in [0.1, 0.15) is 0 Å². The highest BCUT2D eigenvalue weighted by molar-refractivity contribution is 14.1. The van der Waals surface area contributed by atoms with Gasteiger partial charge in [0.25, 0.3) is 0 Å². The van der Waals surface area contributed by atoms with Gasteiger partial charge < -0.3 is 10.3 Å². The van der Waals surface area contributed by atoms with Crippen LogP contribution in [0, 0.1) is 3.57 Å². The van der Waals surface area contributed by atoms with E-state index in [1.165, 1.54) is 31.2 Å². The zero-order valence-electron chi connectivity index (χ0n) is 15.7. The van der Waals surface area contributed by atoms with E-state index in [9.17, 15) is 0 Å². The normalized spacial score (nSPS) is 10.9. The average Bonchev–Trinajstić information content (AvgIpc) is 3.11. The second-order valence-electron chi connectivity index (χ2n) is 7.02. The summed E-state index contributed by atoms with van der Waals surface area (Å²) in [5, 5.41) is 4.81. The average molecular weight is 478 g/mol. The van der Waals surface area contributed by atoms with Crippen molar-refractivity contribution in [2.45, 2.75) is 12.8 Å². The second kappa shape index (κ2) is 8.65. The summed E-state index contributed by atoms with van der Waals surface area (Å²) >= 11 is 2.37. The van der Waals surface area contributed by atoms with Crippen molar-refractivity contribution in [1.82, 2.24) is 10.3 Å². The third kappa shape index (κ3) is 4.47. The van der Waals surface area contributed by atoms with Crippen molar-refractivity contribution in [3.8, 4) is 0 Å². The maximum absolute atomic E-state index is 4.25. The Bertz CT molecular complexity index is 1100. The number of aromatic nitrogens is 1. The monoisotopic (exact) mass is 478 g/mol. The summed E-state index contributed by atoms with van der Waals surface area (Å²) < 4.78 is 1.26. The zero-order valence-corrected chi connectivity index (χ0v) is 17.9.